The third kappa shape index (κ3) is 4.53. The van der Waals surface area contributed by atoms with E-state index in [-0.39, 0.29) is 0 Å². The molecule has 0 fully saturated rings. The molecule has 0 radical (unpaired) electrons. The summed E-state index contributed by atoms with van der Waals surface area (Å²) in [4.78, 5) is 10.4. The van der Waals surface area contributed by atoms with Gasteiger partial charge in [-0.25, -0.2) is 9.97 Å². The van der Waals surface area contributed by atoms with Crippen LogP contribution in [0.4, 0.5) is 0 Å². The minimum Gasteiger partial charge on any atom is -0.309 e. The van der Waals surface area contributed by atoms with Crippen LogP contribution in [0, 0.1) is 0 Å². The molecular weight excluding hydrogens is 681 g/mol. The van der Waals surface area contributed by atoms with E-state index >= 15 is 0 Å². The molecule has 9 aromatic carbocycles. The lowest BCUT2D eigenvalue weighted by Crippen LogP contribution is -1.99. The van der Waals surface area contributed by atoms with Gasteiger partial charge < -0.3 is 9.13 Å². The van der Waals surface area contributed by atoms with Gasteiger partial charge >= 0.3 is 0 Å². The van der Waals surface area contributed by atoms with Crippen LogP contribution in [-0.4, -0.2) is 19.1 Å². The molecule has 4 nitrogen and oxygen atoms in total. The van der Waals surface area contributed by atoms with Crippen molar-refractivity contribution < 1.29 is 0 Å². The first-order chi connectivity index (χ1) is 27.8. The van der Waals surface area contributed by atoms with Crippen LogP contribution < -0.4 is 0 Å². The molecule has 0 aliphatic carbocycles. The van der Waals surface area contributed by atoms with E-state index in [0.29, 0.717) is 5.82 Å². The molecule has 0 atom stereocenters. The molecule has 0 N–H and O–H groups in total. The topological polar surface area (TPSA) is 35.6 Å². The first-order valence-electron chi connectivity index (χ1n) is 19.1. The van der Waals surface area contributed by atoms with Crippen LogP contribution in [0.1, 0.15) is 0 Å². The molecule has 4 heteroatoms. The number of hydrogen-bond donors (Lipinski definition) is 0. The molecule has 260 valence electrons. The van der Waals surface area contributed by atoms with Crippen molar-refractivity contribution in [1.29, 1.82) is 0 Å². The van der Waals surface area contributed by atoms with Gasteiger partial charge in [0.2, 0.25) is 0 Å². The zero-order chi connectivity index (χ0) is 36.7. The molecule has 0 aliphatic heterocycles. The van der Waals surface area contributed by atoms with Gasteiger partial charge in [-0.2, -0.15) is 0 Å². The first-order valence-corrected chi connectivity index (χ1v) is 19.1. The Morgan fingerprint density at radius 3 is 1.75 bits per heavy atom. The van der Waals surface area contributed by atoms with Gasteiger partial charge in [0.05, 0.1) is 39.0 Å². The summed E-state index contributed by atoms with van der Waals surface area (Å²) in [6.07, 6.45) is 0. The van der Waals surface area contributed by atoms with E-state index in [4.69, 9.17) is 9.97 Å². The zero-order valence-corrected chi connectivity index (χ0v) is 30.3. The van der Waals surface area contributed by atoms with Gasteiger partial charge in [0.15, 0.2) is 5.82 Å². The van der Waals surface area contributed by atoms with Crippen molar-refractivity contribution in [1.82, 2.24) is 19.1 Å². The van der Waals surface area contributed by atoms with Crippen molar-refractivity contribution in [3.63, 3.8) is 0 Å². The normalized spacial score (nSPS) is 11.9. The lowest BCUT2D eigenvalue weighted by atomic mass is 10.0. The minimum absolute atomic E-state index is 0.717. The lowest BCUT2D eigenvalue weighted by Gasteiger charge is -2.15. The largest absolute Gasteiger partial charge is 0.309 e. The van der Waals surface area contributed by atoms with Crippen LogP contribution >= 0.6 is 0 Å². The summed E-state index contributed by atoms with van der Waals surface area (Å²) in [5.74, 6) is 0.717. The summed E-state index contributed by atoms with van der Waals surface area (Å²) in [6.45, 7) is 0. The number of benzene rings is 9. The van der Waals surface area contributed by atoms with Crippen LogP contribution in [0.2, 0.25) is 0 Å². The molecule has 56 heavy (non-hydrogen) atoms. The predicted molar refractivity (Wildman–Crippen MR) is 234 cm³/mol. The van der Waals surface area contributed by atoms with E-state index in [1.165, 1.54) is 48.9 Å². The lowest BCUT2D eigenvalue weighted by molar-refractivity contribution is 1.17. The van der Waals surface area contributed by atoms with Crippen molar-refractivity contribution in [2.45, 2.75) is 0 Å². The highest BCUT2D eigenvalue weighted by Gasteiger charge is 2.21. The third-order valence-electron chi connectivity index (χ3n) is 11.5. The summed E-state index contributed by atoms with van der Waals surface area (Å²) in [5, 5.41) is 10.7. The van der Waals surface area contributed by atoms with Gasteiger partial charge in [-0.3, -0.25) is 0 Å². The van der Waals surface area contributed by atoms with E-state index in [0.717, 1.165) is 55.4 Å². The smallest absolute Gasteiger partial charge is 0.161 e. The maximum absolute atomic E-state index is 5.28. The van der Waals surface area contributed by atoms with Gasteiger partial charge in [0, 0.05) is 49.1 Å². The first kappa shape index (κ1) is 30.9. The number of para-hydroxylation sites is 3. The Balaban J connectivity index is 1.15. The summed E-state index contributed by atoms with van der Waals surface area (Å²) >= 11 is 0. The fourth-order valence-corrected chi connectivity index (χ4v) is 8.96. The van der Waals surface area contributed by atoms with Crippen LogP contribution in [-0.2, 0) is 0 Å². The maximum atomic E-state index is 5.28. The van der Waals surface area contributed by atoms with Crippen molar-refractivity contribution in [3.8, 4) is 34.0 Å². The Morgan fingerprint density at radius 2 is 0.929 bits per heavy atom. The second-order valence-corrected chi connectivity index (χ2v) is 14.6. The van der Waals surface area contributed by atoms with Crippen LogP contribution in [0.25, 0.3) is 110 Å². The average Bonchev–Trinajstić information content (AvgIpc) is 3.75. The van der Waals surface area contributed by atoms with Crippen molar-refractivity contribution in [2.24, 2.45) is 0 Å². The predicted octanol–water partition coefficient (Wildman–Crippen LogP) is 13.5. The Labute approximate surface area is 322 Å². The van der Waals surface area contributed by atoms with Gasteiger partial charge in [-0.15, -0.1) is 0 Å². The molecule has 0 aliphatic rings. The van der Waals surface area contributed by atoms with Gasteiger partial charge in [-0.05, 0) is 76.8 Å². The summed E-state index contributed by atoms with van der Waals surface area (Å²) in [6, 6.07) is 69.7. The Morgan fingerprint density at radius 1 is 0.339 bits per heavy atom. The zero-order valence-electron chi connectivity index (χ0n) is 30.3. The van der Waals surface area contributed by atoms with Gasteiger partial charge in [-0.1, -0.05) is 133 Å². The van der Waals surface area contributed by atoms with Crippen molar-refractivity contribution >= 4 is 76.1 Å². The maximum Gasteiger partial charge on any atom is 0.161 e. The average molecular weight is 713 g/mol. The molecule has 0 saturated carbocycles. The standard InChI is InChI=1S/C52H32N4/c1-3-15-33(16-4-1)51-41-24-11-13-25-45(41)53-52(54-51)40-27-28-47(38-22-10-9-21-37(38)40)56-46-26-14-12-23-39(46)43-31-44-42-29-34-17-7-8-18-35(34)30-48(42)55(49(44)32-50(43)56)36-19-5-2-6-20-36/h1-32H. The minimum atomic E-state index is 0.717. The summed E-state index contributed by atoms with van der Waals surface area (Å²) in [7, 11) is 0. The Bertz CT molecular complexity index is 3520. The van der Waals surface area contributed by atoms with Crippen LogP contribution in [0.5, 0.6) is 0 Å². The molecule has 3 heterocycles. The second kappa shape index (κ2) is 12.0. The quantitative estimate of drug-likeness (QED) is 0.182. The highest BCUT2D eigenvalue weighted by molar-refractivity contribution is 6.21. The molecule has 0 saturated heterocycles. The van der Waals surface area contributed by atoms with Gasteiger partial charge in [0.25, 0.3) is 0 Å². The Hall–Kier alpha value is -7.56. The number of aromatic nitrogens is 4. The van der Waals surface area contributed by atoms with E-state index in [2.05, 4.69) is 191 Å². The summed E-state index contributed by atoms with van der Waals surface area (Å²) in [5.41, 5.74) is 10.9. The molecular formula is C52H32N4. The summed E-state index contributed by atoms with van der Waals surface area (Å²) < 4.78 is 4.89. The van der Waals surface area contributed by atoms with E-state index in [9.17, 15) is 0 Å². The molecule has 12 rings (SSSR count). The molecule has 12 aromatic rings. The molecule has 0 bridgehead atoms. The fraction of sp³-hybridized carbons (Fsp3) is 0. The monoisotopic (exact) mass is 712 g/mol. The van der Waals surface area contributed by atoms with E-state index < -0.39 is 0 Å². The van der Waals surface area contributed by atoms with Crippen LogP contribution in [0.15, 0.2) is 194 Å². The molecule has 0 unspecified atom stereocenters. The van der Waals surface area contributed by atoms with Crippen molar-refractivity contribution in [3.05, 3.63) is 194 Å². The number of hydrogen-bond acceptors (Lipinski definition) is 2. The van der Waals surface area contributed by atoms with E-state index in [1.807, 2.05) is 12.1 Å². The fourth-order valence-electron chi connectivity index (χ4n) is 8.96. The second-order valence-electron chi connectivity index (χ2n) is 14.6. The SMILES string of the molecule is c1ccc(-c2nc(-c3ccc(-n4c5ccccc5c5cc6c7cc8ccccc8cc7n(-c7ccccc7)c6cc54)c4ccccc34)nc3ccccc23)cc1. The molecule has 0 amide bonds. The van der Waals surface area contributed by atoms with Gasteiger partial charge in [0.1, 0.15) is 0 Å². The Kier molecular flexibility index (Phi) is 6.60. The van der Waals surface area contributed by atoms with Crippen LogP contribution in [0.3, 0.4) is 0 Å². The number of nitrogens with zero attached hydrogens (tertiary/aromatic N) is 4. The highest BCUT2D eigenvalue weighted by atomic mass is 15.0. The third-order valence-corrected chi connectivity index (χ3v) is 11.5. The molecule has 3 aromatic heterocycles. The number of rotatable bonds is 4. The van der Waals surface area contributed by atoms with Crippen molar-refractivity contribution in [2.75, 3.05) is 0 Å². The molecule has 0 spiro atoms. The highest BCUT2D eigenvalue weighted by Crippen LogP contribution is 2.42. The number of fused-ring (bicyclic) bond motifs is 9. The van der Waals surface area contributed by atoms with E-state index in [1.54, 1.807) is 0 Å².